The quantitative estimate of drug-likeness (QED) is 0.0588. The maximum absolute atomic E-state index is 12.8. The van der Waals surface area contributed by atoms with Gasteiger partial charge < -0.3 is 64.3 Å². The van der Waals surface area contributed by atoms with E-state index in [1.807, 2.05) is 45.9 Å². The third-order valence-electron chi connectivity index (χ3n) is 20.6. The van der Waals surface area contributed by atoms with Gasteiger partial charge in [0.15, 0.2) is 0 Å². The number of nitrogens with zero attached hydrogens (tertiary/aromatic N) is 6. The van der Waals surface area contributed by atoms with E-state index in [9.17, 15) is 14.4 Å². The SMILES string of the molecule is COc1ccc(N2CCN(C(=O)COC3CCC(Nc4ccc(SC)cc4)CC3)CC2)cc1.CSc1ccc(NC2CCC(OCC(=O)N3CCN(c4ccc(C)cc4)CC3)CC2)cc1.Cc1cc(NC2CCC(OCC(=O)N3CCN(c4ccc(C(C)(C)C)cc4)CC3)CC2)ccc1Cl. The van der Waals surface area contributed by atoms with Crippen molar-refractivity contribution in [2.45, 2.75) is 163 Å². The molecule has 3 aliphatic heterocycles. The fourth-order valence-electron chi connectivity index (χ4n) is 14.1. The minimum Gasteiger partial charge on any atom is -0.497 e. The predicted molar refractivity (Wildman–Crippen MR) is 415 cm³/mol. The number of hydrogen-bond donors (Lipinski definition) is 3. The maximum atomic E-state index is 12.8. The molecule has 3 heterocycles. The van der Waals surface area contributed by atoms with Crippen molar-refractivity contribution in [2.24, 2.45) is 0 Å². The molecular weight excluding hydrogens is 1310 g/mol. The second-order valence-corrected chi connectivity index (χ2v) is 30.8. The van der Waals surface area contributed by atoms with Crippen LogP contribution in [0.25, 0.3) is 0 Å². The van der Waals surface area contributed by atoms with Gasteiger partial charge in [0, 0.05) is 146 Å². The molecule has 3 saturated carbocycles. The number of aryl methyl sites for hydroxylation is 2. The normalized spacial score (nSPS) is 21.2. The third kappa shape index (κ3) is 23.1. The van der Waals surface area contributed by atoms with Crippen molar-refractivity contribution >= 4 is 87.0 Å². The van der Waals surface area contributed by atoms with Gasteiger partial charge in [0.1, 0.15) is 25.6 Å². The zero-order valence-electron chi connectivity index (χ0n) is 60.6. The molecule has 3 aliphatic carbocycles. The van der Waals surface area contributed by atoms with Crippen LogP contribution < -0.4 is 35.4 Å². The number of anilines is 6. The fraction of sp³-hybridized carbons (Fsp3) is 0.519. The number of nitrogens with one attached hydrogen (secondary N) is 3. The second-order valence-electron chi connectivity index (χ2n) is 28.6. The van der Waals surface area contributed by atoms with Crippen LogP contribution in [0.1, 0.15) is 115 Å². The number of amides is 3. The van der Waals surface area contributed by atoms with Crippen molar-refractivity contribution in [2.75, 3.05) is 149 Å². The average molecular weight is 1420 g/mol. The minimum atomic E-state index is 0.110. The molecule has 100 heavy (non-hydrogen) atoms. The molecule has 19 heteroatoms. The molecule has 0 bridgehead atoms. The van der Waals surface area contributed by atoms with Crippen LogP contribution in [0.15, 0.2) is 149 Å². The molecule has 0 spiro atoms. The van der Waals surface area contributed by atoms with E-state index in [0.717, 1.165) is 178 Å². The Labute approximate surface area is 610 Å². The van der Waals surface area contributed by atoms with Crippen molar-refractivity contribution in [3.63, 3.8) is 0 Å². The lowest BCUT2D eigenvalue weighted by atomic mass is 9.87. The molecule has 0 radical (unpaired) electrons. The van der Waals surface area contributed by atoms with Gasteiger partial charge in [-0.1, -0.05) is 62.2 Å². The Balaban J connectivity index is 0.000000162. The molecule has 6 aromatic rings. The molecule has 16 nitrogen and oxygen atoms in total. The van der Waals surface area contributed by atoms with Crippen molar-refractivity contribution in [3.8, 4) is 5.75 Å². The van der Waals surface area contributed by atoms with E-state index in [1.54, 1.807) is 30.6 Å². The number of carbonyl (C=O) groups excluding carboxylic acids is 3. The van der Waals surface area contributed by atoms with Gasteiger partial charge in [-0.2, -0.15) is 0 Å². The van der Waals surface area contributed by atoms with Gasteiger partial charge >= 0.3 is 0 Å². The lowest BCUT2D eigenvalue weighted by molar-refractivity contribution is -0.139. The van der Waals surface area contributed by atoms with Crippen LogP contribution >= 0.6 is 35.1 Å². The highest BCUT2D eigenvalue weighted by molar-refractivity contribution is 7.98. The summed E-state index contributed by atoms with van der Waals surface area (Å²) in [5.41, 5.74) is 11.0. The van der Waals surface area contributed by atoms with Crippen molar-refractivity contribution < 1.29 is 33.3 Å². The molecule has 3 amide bonds. The Bertz CT molecular complexity index is 3450. The van der Waals surface area contributed by atoms with E-state index in [4.69, 9.17) is 30.5 Å². The van der Waals surface area contributed by atoms with Gasteiger partial charge in [-0.25, -0.2) is 0 Å². The standard InChI is InChI=1S/C29H40ClN3O2.C26H35N3O3S.C26H35N3O2S/c1-21-19-24(9-14-27(21)30)31-23-7-12-26(13-8-23)35-20-28(34)33-17-15-32(16-18-33)25-10-5-22(6-11-25)29(2,3)4;1-31-23-11-7-22(8-12-23)28-15-17-29(18-16-28)26(30)19-32-24-9-3-20(4-10-24)27-21-5-13-25(33-2)14-6-21;1-20-3-9-23(10-4-20)28-15-17-29(18-16-28)26(30)19-31-24-11-5-21(6-12-24)27-22-7-13-25(32-2)14-8-22/h5-6,9-11,14,19,23,26,31H,7-8,12-13,15-18,20H2,1-4H3;5-8,11-14,20,24,27H,3-4,9-10,15-19H2,1-2H3;3-4,7-10,13-14,21,24,27H,5-6,11-12,15-19H2,1-2H3. The van der Waals surface area contributed by atoms with Gasteiger partial charge in [0.05, 0.1) is 25.4 Å². The Morgan fingerprint density at radius 3 is 1.07 bits per heavy atom. The largest absolute Gasteiger partial charge is 0.497 e. The highest BCUT2D eigenvalue weighted by atomic mass is 35.5. The monoisotopic (exact) mass is 1420 g/mol. The van der Waals surface area contributed by atoms with Crippen molar-refractivity contribution in [1.29, 1.82) is 0 Å². The first-order valence-corrected chi connectivity index (χ1v) is 39.3. The number of hydrogen-bond acceptors (Lipinski definition) is 15. The minimum absolute atomic E-state index is 0.110. The molecule has 0 aromatic heterocycles. The maximum Gasteiger partial charge on any atom is 0.248 e. The summed E-state index contributed by atoms with van der Waals surface area (Å²) in [5, 5.41) is 11.7. The molecule has 6 fully saturated rings. The molecule has 6 aromatic carbocycles. The first kappa shape index (κ1) is 75.9. The number of halogens is 1. The number of methoxy groups -OCH3 is 1. The Morgan fingerprint density at radius 1 is 0.430 bits per heavy atom. The van der Waals surface area contributed by atoms with Crippen molar-refractivity contribution in [3.05, 3.63) is 161 Å². The summed E-state index contributed by atoms with van der Waals surface area (Å²) < 4.78 is 23.3. The van der Waals surface area contributed by atoms with Gasteiger partial charge in [0.25, 0.3) is 0 Å². The molecule has 0 atom stereocenters. The number of benzene rings is 6. The number of rotatable bonds is 21. The number of piperazine rings is 3. The van der Waals surface area contributed by atoms with Gasteiger partial charge in [0.2, 0.25) is 17.7 Å². The third-order valence-corrected chi connectivity index (χ3v) is 22.5. The molecule has 3 N–H and O–H groups in total. The Hall–Kier alpha value is -6.80. The Kier molecular flexibility index (Phi) is 28.8. The van der Waals surface area contributed by atoms with E-state index >= 15 is 0 Å². The second kappa shape index (κ2) is 37.9. The lowest BCUT2D eigenvalue weighted by Crippen LogP contribution is -2.50. The molecule has 12 rings (SSSR count). The van der Waals surface area contributed by atoms with Crippen LogP contribution in [0.4, 0.5) is 34.1 Å². The van der Waals surface area contributed by atoms with E-state index in [0.29, 0.717) is 18.1 Å². The summed E-state index contributed by atoms with van der Waals surface area (Å²) in [6.45, 7) is 21.1. The smallest absolute Gasteiger partial charge is 0.248 e. The van der Waals surface area contributed by atoms with Crippen molar-refractivity contribution in [1.82, 2.24) is 14.7 Å². The zero-order chi connectivity index (χ0) is 70.4. The van der Waals surface area contributed by atoms with Crippen LogP contribution in [0.3, 0.4) is 0 Å². The summed E-state index contributed by atoms with van der Waals surface area (Å²) >= 11 is 9.66. The molecule has 6 aliphatic rings. The lowest BCUT2D eigenvalue weighted by Gasteiger charge is -2.37. The van der Waals surface area contributed by atoms with E-state index in [-0.39, 0.29) is 61.3 Å². The topological polar surface area (TPSA) is 144 Å². The number of ether oxygens (including phenoxy) is 4. The fourth-order valence-corrected chi connectivity index (χ4v) is 15.1. The zero-order valence-corrected chi connectivity index (χ0v) is 63.0. The number of thioether (sulfide) groups is 2. The Morgan fingerprint density at radius 2 is 0.750 bits per heavy atom. The summed E-state index contributed by atoms with van der Waals surface area (Å²) in [4.78, 5) is 53.5. The average Bonchev–Trinajstić information content (AvgIpc) is 0.884. The van der Waals surface area contributed by atoms with Crippen LogP contribution in [0, 0.1) is 13.8 Å². The van der Waals surface area contributed by atoms with Crippen LogP contribution in [-0.2, 0) is 34.0 Å². The molecule has 0 unspecified atom stereocenters. The first-order chi connectivity index (χ1) is 48.4. The molecule has 540 valence electrons. The van der Waals surface area contributed by atoms with E-state index < -0.39 is 0 Å². The van der Waals surface area contributed by atoms with E-state index in [1.165, 1.54) is 49.4 Å². The summed E-state index contributed by atoms with van der Waals surface area (Å²) in [7, 11) is 1.68. The first-order valence-electron chi connectivity index (χ1n) is 36.5. The van der Waals surface area contributed by atoms with Gasteiger partial charge in [-0.05, 0) is 235 Å². The summed E-state index contributed by atoms with van der Waals surface area (Å²) in [5.74, 6) is 1.21. The highest BCUT2D eigenvalue weighted by Gasteiger charge is 2.30. The predicted octanol–water partition coefficient (Wildman–Crippen LogP) is 15.3. The molecule has 3 saturated heterocycles. The highest BCUT2D eigenvalue weighted by Crippen LogP contribution is 2.32. The van der Waals surface area contributed by atoms with Crippen LogP contribution in [0.2, 0.25) is 5.02 Å². The summed E-state index contributed by atoms with van der Waals surface area (Å²) in [6.07, 6.45) is 17.1. The van der Waals surface area contributed by atoms with E-state index in [2.05, 4.69) is 186 Å². The summed E-state index contributed by atoms with van der Waals surface area (Å²) in [6, 6.07) is 50.3. The van der Waals surface area contributed by atoms with Gasteiger partial charge in [-0.3, -0.25) is 14.4 Å². The van der Waals surface area contributed by atoms with Crippen LogP contribution in [-0.4, -0.2) is 187 Å². The van der Waals surface area contributed by atoms with Gasteiger partial charge in [-0.15, -0.1) is 23.5 Å². The van der Waals surface area contributed by atoms with Crippen LogP contribution in [0.5, 0.6) is 5.75 Å². The molecular formula is C81H110ClN9O7S2. The number of carbonyl (C=O) groups is 3.